The Kier molecular flexibility index (Phi) is 5.48. The molecule has 0 atom stereocenters. The van der Waals surface area contributed by atoms with Gasteiger partial charge in [0.15, 0.2) is 0 Å². The highest BCUT2D eigenvalue weighted by atomic mass is 19.1. The lowest BCUT2D eigenvalue weighted by molar-refractivity contribution is 0.332. The van der Waals surface area contributed by atoms with E-state index in [0.717, 1.165) is 16.9 Å². The number of hydrogen-bond donors (Lipinski definition) is 1. The molecule has 168 valence electrons. The lowest BCUT2D eigenvalue weighted by Crippen LogP contribution is -2.33. The Morgan fingerprint density at radius 3 is 2.06 bits per heavy atom. The van der Waals surface area contributed by atoms with Crippen LogP contribution in [0.25, 0.3) is 11.1 Å². The maximum Gasteiger partial charge on any atom is 0.131 e. The largest absolute Gasteiger partial charge is 0.355 e. The van der Waals surface area contributed by atoms with Crippen LogP contribution in [0.5, 0.6) is 0 Å². The fourth-order valence-electron chi connectivity index (χ4n) is 4.84. The minimum absolute atomic E-state index is 0.0139. The van der Waals surface area contributed by atoms with Crippen molar-refractivity contribution < 1.29 is 4.39 Å². The second-order valence-corrected chi connectivity index (χ2v) is 11.6. The first kappa shape index (κ1) is 22.6. The van der Waals surface area contributed by atoms with E-state index in [-0.39, 0.29) is 22.1 Å². The molecule has 0 saturated carbocycles. The first-order valence-electron chi connectivity index (χ1n) is 11.7. The van der Waals surface area contributed by atoms with E-state index in [1.165, 1.54) is 35.6 Å². The van der Waals surface area contributed by atoms with Crippen molar-refractivity contribution in [1.29, 1.82) is 0 Å². The third-order valence-corrected chi connectivity index (χ3v) is 7.18. The number of nitrogens with one attached hydrogen (secondary N) is 1. The van der Waals surface area contributed by atoms with Crippen molar-refractivity contribution in [3.05, 3.63) is 83.2 Å². The lowest BCUT2D eigenvalue weighted by atomic mass is 9.63. The third-order valence-electron chi connectivity index (χ3n) is 7.18. The van der Waals surface area contributed by atoms with Gasteiger partial charge in [-0.1, -0.05) is 78.8 Å². The summed E-state index contributed by atoms with van der Waals surface area (Å²) in [6.07, 6.45) is 2.38. The summed E-state index contributed by atoms with van der Waals surface area (Å²) < 4.78 is 14.8. The van der Waals surface area contributed by atoms with Gasteiger partial charge in [0, 0.05) is 22.5 Å². The zero-order chi connectivity index (χ0) is 23.3. The molecule has 0 amide bonds. The van der Waals surface area contributed by atoms with Gasteiger partial charge in [0.2, 0.25) is 0 Å². The normalized spacial score (nSPS) is 17.0. The maximum atomic E-state index is 14.8. The Balaban J connectivity index is 1.81. The summed E-state index contributed by atoms with van der Waals surface area (Å²) in [6.45, 7) is 15.9. The Morgan fingerprint density at radius 2 is 1.41 bits per heavy atom. The Morgan fingerprint density at radius 1 is 0.750 bits per heavy atom. The lowest BCUT2D eigenvalue weighted by Gasteiger charge is -2.42. The number of rotatable bonds is 3. The van der Waals surface area contributed by atoms with Gasteiger partial charge in [-0.05, 0) is 76.1 Å². The smallest absolute Gasteiger partial charge is 0.131 e. The molecule has 0 aromatic heterocycles. The summed E-state index contributed by atoms with van der Waals surface area (Å²) in [4.78, 5) is 0. The van der Waals surface area contributed by atoms with Gasteiger partial charge in [0.1, 0.15) is 5.82 Å². The Bertz CT molecular complexity index is 1150. The molecule has 1 aliphatic carbocycles. The van der Waals surface area contributed by atoms with E-state index in [1.807, 2.05) is 12.1 Å². The summed E-state index contributed by atoms with van der Waals surface area (Å²) in [5.41, 5.74) is 7.87. The van der Waals surface area contributed by atoms with E-state index >= 15 is 0 Å². The standard InChI is InChI=1S/C30H36FN/c1-28(2,3)20-12-15-27(23(18-20)22-10-8-9-11-26(22)31)32-21-13-14-24-25(19-21)30(6,7)17-16-29(24,4)5/h8-15,18-19,32H,16-17H2,1-7H3. The predicted molar refractivity (Wildman–Crippen MR) is 136 cm³/mol. The van der Waals surface area contributed by atoms with E-state index in [0.29, 0.717) is 5.56 Å². The van der Waals surface area contributed by atoms with Crippen molar-refractivity contribution in [3.63, 3.8) is 0 Å². The molecule has 4 rings (SSSR count). The van der Waals surface area contributed by atoms with Crippen LogP contribution in [0.2, 0.25) is 0 Å². The van der Waals surface area contributed by atoms with Gasteiger partial charge in [-0.3, -0.25) is 0 Å². The molecule has 1 N–H and O–H groups in total. The molecular weight excluding hydrogens is 393 g/mol. The van der Waals surface area contributed by atoms with Crippen molar-refractivity contribution in [2.45, 2.75) is 77.6 Å². The van der Waals surface area contributed by atoms with Crippen LogP contribution in [0, 0.1) is 5.82 Å². The number of halogens is 1. The number of hydrogen-bond acceptors (Lipinski definition) is 1. The molecule has 1 nitrogen and oxygen atoms in total. The highest BCUT2D eigenvalue weighted by molar-refractivity contribution is 5.82. The fourth-order valence-corrected chi connectivity index (χ4v) is 4.84. The average molecular weight is 430 g/mol. The zero-order valence-electron chi connectivity index (χ0n) is 20.6. The molecule has 32 heavy (non-hydrogen) atoms. The molecule has 0 spiro atoms. The highest BCUT2D eigenvalue weighted by Crippen LogP contribution is 2.47. The van der Waals surface area contributed by atoms with Crippen LogP contribution < -0.4 is 5.32 Å². The monoisotopic (exact) mass is 429 g/mol. The highest BCUT2D eigenvalue weighted by Gasteiger charge is 2.37. The molecule has 3 aromatic carbocycles. The van der Waals surface area contributed by atoms with Crippen molar-refractivity contribution in [3.8, 4) is 11.1 Å². The molecule has 0 aliphatic heterocycles. The number of benzene rings is 3. The van der Waals surface area contributed by atoms with Crippen LogP contribution in [0.15, 0.2) is 60.7 Å². The maximum absolute atomic E-state index is 14.8. The van der Waals surface area contributed by atoms with Gasteiger partial charge in [-0.25, -0.2) is 4.39 Å². The summed E-state index contributed by atoms with van der Waals surface area (Å²) in [7, 11) is 0. The topological polar surface area (TPSA) is 12.0 Å². The first-order valence-corrected chi connectivity index (χ1v) is 11.7. The SMILES string of the molecule is CC(C)(C)c1ccc(Nc2ccc3c(c2)C(C)(C)CCC3(C)C)c(-c2ccccc2F)c1. The minimum atomic E-state index is -0.199. The molecule has 0 heterocycles. The molecule has 2 heteroatoms. The minimum Gasteiger partial charge on any atom is -0.355 e. The van der Waals surface area contributed by atoms with E-state index in [2.05, 4.69) is 90.2 Å². The second kappa shape index (κ2) is 7.76. The Labute approximate surface area is 193 Å². The fraction of sp³-hybridized carbons (Fsp3) is 0.400. The van der Waals surface area contributed by atoms with E-state index in [9.17, 15) is 4.39 Å². The van der Waals surface area contributed by atoms with E-state index in [1.54, 1.807) is 6.07 Å². The van der Waals surface area contributed by atoms with Crippen molar-refractivity contribution in [1.82, 2.24) is 0 Å². The number of anilines is 2. The predicted octanol–water partition coefficient (Wildman–Crippen LogP) is 8.88. The van der Waals surface area contributed by atoms with Crippen LogP contribution >= 0.6 is 0 Å². The third kappa shape index (κ3) is 4.20. The summed E-state index contributed by atoms with van der Waals surface area (Å²) in [6, 6.07) is 20.2. The molecule has 0 saturated heterocycles. The molecule has 1 aliphatic rings. The Hall–Kier alpha value is -2.61. The molecular formula is C30H36FN. The molecule has 0 fully saturated rings. The van der Waals surface area contributed by atoms with Gasteiger partial charge in [-0.15, -0.1) is 0 Å². The second-order valence-electron chi connectivity index (χ2n) is 11.6. The molecule has 3 aromatic rings. The van der Waals surface area contributed by atoms with Crippen LogP contribution in [-0.4, -0.2) is 0 Å². The van der Waals surface area contributed by atoms with Gasteiger partial charge in [0.05, 0.1) is 0 Å². The first-order chi connectivity index (χ1) is 14.9. The van der Waals surface area contributed by atoms with Gasteiger partial charge >= 0.3 is 0 Å². The summed E-state index contributed by atoms with van der Waals surface area (Å²) in [5, 5.41) is 3.63. The average Bonchev–Trinajstić information content (AvgIpc) is 2.72. The van der Waals surface area contributed by atoms with Gasteiger partial charge in [-0.2, -0.15) is 0 Å². The van der Waals surface area contributed by atoms with Crippen LogP contribution in [-0.2, 0) is 16.2 Å². The van der Waals surface area contributed by atoms with Crippen molar-refractivity contribution in [2.24, 2.45) is 0 Å². The van der Waals surface area contributed by atoms with Crippen LogP contribution in [0.1, 0.15) is 78.0 Å². The van der Waals surface area contributed by atoms with Gasteiger partial charge in [0.25, 0.3) is 0 Å². The van der Waals surface area contributed by atoms with Gasteiger partial charge < -0.3 is 5.32 Å². The number of fused-ring (bicyclic) bond motifs is 1. The molecule has 0 bridgehead atoms. The van der Waals surface area contributed by atoms with Crippen LogP contribution in [0.3, 0.4) is 0 Å². The quantitative estimate of drug-likeness (QED) is 0.438. The summed E-state index contributed by atoms with van der Waals surface area (Å²) >= 11 is 0. The van der Waals surface area contributed by atoms with E-state index in [4.69, 9.17) is 0 Å². The van der Waals surface area contributed by atoms with Crippen molar-refractivity contribution in [2.75, 3.05) is 5.32 Å². The summed E-state index contributed by atoms with van der Waals surface area (Å²) in [5.74, 6) is -0.199. The van der Waals surface area contributed by atoms with E-state index < -0.39 is 0 Å². The zero-order valence-corrected chi connectivity index (χ0v) is 20.6. The molecule has 0 radical (unpaired) electrons. The van der Waals surface area contributed by atoms with Crippen molar-refractivity contribution >= 4 is 11.4 Å². The molecule has 0 unspecified atom stereocenters. The van der Waals surface area contributed by atoms with Crippen LogP contribution in [0.4, 0.5) is 15.8 Å².